The molecule has 0 bridgehead atoms. The topological polar surface area (TPSA) is 55.5 Å². The van der Waals surface area contributed by atoms with E-state index in [9.17, 15) is 4.79 Å². The molecule has 2 aliphatic heterocycles. The van der Waals surface area contributed by atoms with Crippen molar-refractivity contribution in [2.75, 3.05) is 45.8 Å². The van der Waals surface area contributed by atoms with Gasteiger partial charge in [0.2, 0.25) is 5.91 Å². The fraction of sp³-hybridized carbons (Fsp3) is 0.448. The summed E-state index contributed by atoms with van der Waals surface area (Å²) in [5, 5.41) is 0. The van der Waals surface area contributed by atoms with Crippen molar-refractivity contribution >= 4 is 5.91 Å². The molecule has 184 valence electrons. The van der Waals surface area contributed by atoms with Crippen LogP contribution in [0.3, 0.4) is 0 Å². The van der Waals surface area contributed by atoms with E-state index in [2.05, 4.69) is 67.1 Å². The molecule has 2 aliphatic rings. The molecule has 0 unspecified atom stereocenters. The largest absolute Gasteiger partial charge is 0.341 e. The number of likely N-dealkylation sites (tertiary alicyclic amines) is 1. The van der Waals surface area contributed by atoms with E-state index in [0.717, 1.165) is 81.7 Å². The summed E-state index contributed by atoms with van der Waals surface area (Å²) in [5.41, 5.74) is 3.67. The number of piperidine rings is 1. The van der Waals surface area contributed by atoms with Gasteiger partial charge in [0.15, 0.2) is 0 Å². The Hall–Kier alpha value is -2.96. The van der Waals surface area contributed by atoms with Crippen molar-refractivity contribution in [1.82, 2.24) is 24.7 Å². The van der Waals surface area contributed by atoms with E-state index in [1.807, 2.05) is 24.4 Å². The van der Waals surface area contributed by atoms with Gasteiger partial charge < -0.3 is 9.88 Å². The first-order valence-corrected chi connectivity index (χ1v) is 13.1. The van der Waals surface area contributed by atoms with Crippen molar-refractivity contribution < 1.29 is 4.79 Å². The molecular formula is C29H37N5O. The van der Waals surface area contributed by atoms with Crippen LogP contribution in [0.25, 0.3) is 11.4 Å². The minimum Gasteiger partial charge on any atom is -0.341 e. The van der Waals surface area contributed by atoms with Crippen molar-refractivity contribution in [1.29, 1.82) is 0 Å². The van der Waals surface area contributed by atoms with Gasteiger partial charge in [-0.25, -0.2) is 4.98 Å². The highest BCUT2D eigenvalue weighted by molar-refractivity contribution is 5.78. The first-order valence-electron chi connectivity index (χ1n) is 13.1. The molecule has 0 atom stereocenters. The molecule has 3 heterocycles. The second-order valence-corrected chi connectivity index (χ2v) is 10.0. The van der Waals surface area contributed by atoms with E-state index in [0.29, 0.717) is 12.5 Å². The number of carbonyl (C=O) groups is 1. The van der Waals surface area contributed by atoms with E-state index >= 15 is 0 Å². The first-order chi connectivity index (χ1) is 17.2. The molecule has 0 aliphatic carbocycles. The van der Waals surface area contributed by atoms with E-state index in [1.54, 1.807) is 0 Å². The van der Waals surface area contributed by atoms with Gasteiger partial charge in [-0.2, -0.15) is 0 Å². The van der Waals surface area contributed by atoms with E-state index in [1.165, 1.54) is 18.4 Å². The molecule has 0 spiro atoms. The monoisotopic (exact) mass is 471 g/mol. The second-order valence-electron chi connectivity index (χ2n) is 10.0. The lowest BCUT2D eigenvalue weighted by Gasteiger charge is -2.33. The third-order valence-electron chi connectivity index (χ3n) is 7.44. The Morgan fingerprint density at radius 2 is 1.60 bits per heavy atom. The standard InChI is InChI=1S/C29H37N5O/c35-28(23-33-16-12-25(13-17-33)20-24-8-3-1-4-9-24)34-15-7-14-32(18-19-34)22-27-21-30-29(31-27)26-10-5-2-6-11-26/h1-6,8-11,21,25H,7,12-20,22-23H2,(H,30,31). The molecule has 5 rings (SSSR count). The Kier molecular flexibility index (Phi) is 7.91. The molecule has 2 saturated heterocycles. The highest BCUT2D eigenvalue weighted by atomic mass is 16.2. The lowest BCUT2D eigenvalue weighted by atomic mass is 9.90. The molecule has 2 fully saturated rings. The fourth-order valence-corrected chi connectivity index (χ4v) is 5.39. The maximum absolute atomic E-state index is 13.1. The van der Waals surface area contributed by atoms with Gasteiger partial charge in [0, 0.05) is 50.2 Å². The zero-order valence-electron chi connectivity index (χ0n) is 20.6. The number of nitrogens with one attached hydrogen (secondary N) is 1. The summed E-state index contributed by atoms with van der Waals surface area (Å²) in [6.45, 7) is 7.06. The molecule has 3 aromatic rings. The number of aromatic amines is 1. The van der Waals surface area contributed by atoms with Crippen LogP contribution in [0.2, 0.25) is 0 Å². The van der Waals surface area contributed by atoms with Crippen LogP contribution in [0.4, 0.5) is 0 Å². The highest BCUT2D eigenvalue weighted by Gasteiger charge is 2.25. The van der Waals surface area contributed by atoms with Crippen LogP contribution in [-0.2, 0) is 17.8 Å². The van der Waals surface area contributed by atoms with Crippen LogP contribution < -0.4 is 0 Å². The van der Waals surface area contributed by atoms with Gasteiger partial charge in [-0.15, -0.1) is 0 Å². The summed E-state index contributed by atoms with van der Waals surface area (Å²) in [7, 11) is 0. The van der Waals surface area contributed by atoms with Crippen molar-refractivity contribution in [2.24, 2.45) is 5.92 Å². The van der Waals surface area contributed by atoms with Crippen LogP contribution in [-0.4, -0.2) is 76.4 Å². The predicted octanol–water partition coefficient (Wildman–Crippen LogP) is 4.07. The minimum absolute atomic E-state index is 0.293. The van der Waals surface area contributed by atoms with Gasteiger partial charge in [-0.05, 0) is 50.3 Å². The Labute approximate surface area is 209 Å². The van der Waals surface area contributed by atoms with Gasteiger partial charge in [-0.1, -0.05) is 60.7 Å². The third-order valence-corrected chi connectivity index (χ3v) is 7.44. The first kappa shape index (κ1) is 23.8. The summed E-state index contributed by atoms with van der Waals surface area (Å²) in [6, 6.07) is 21.0. The quantitative estimate of drug-likeness (QED) is 0.565. The SMILES string of the molecule is O=C(CN1CCC(Cc2ccccc2)CC1)N1CCCN(Cc2cnc(-c3ccccc3)[nH]2)CC1. The molecule has 1 N–H and O–H groups in total. The van der Waals surface area contributed by atoms with Crippen LogP contribution in [0.5, 0.6) is 0 Å². The van der Waals surface area contributed by atoms with E-state index in [-0.39, 0.29) is 0 Å². The van der Waals surface area contributed by atoms with Crippen LogP contribution >= 0.6 is 0 Å². The maximum Gasteiger partial charge on any atom is 0.236 e. The zero-order valence-corrected chi connectivity index (χ0v) is 20.6. The summed E-state index contributed by atoms with van der Waals surface area (Å²) in [5.74, 6) is 1.95. The molecule has 6 nitrogen and oxygen atoms in total. The molecule has 6 heteroatoms. The zero-order chi connectivity index (χ0) is 23.9. The Balaban J connectivity index is 1.05. The van der Waals surface area contributed by atoms with Crippen molar-refractivity contribution in [2.45, 2.75) is 32.2 Å². The van der Waals surface area contributed by atoms with Crippen LogP contribution in [0.1, 0.15) is 30.5 Å². The average Bonchev–Trinajstić information content (AvgIpc) is 3.24. The van der Waals surface area contributed by atoms with Crippen LogP contribution in [0.15, 0.2) is 66.9 Å². The Bertz CT molecular complexity index is 1060. The van der Waals surface area contributed by atoms with Gasteiger partial charge >= 0.3 is 0 Å². The number of H-pyrrole nitrogens is 1. The summed E-state index contributed by atoms with van der Waals surface area (Å²) in [4.78, 5) is 28.0. The van der Waals surface area contributed by atoms with Crippen molar-refractivity contribution in [3.8, 4) is 11.4 Å². The highest BCUT2D eigenvalue weighted by Crippen LogP contribution is 2.22. The minimum atomic E-state index is 0.293. The number of carbonyl (C=O) groups excluding carboxylic acids is 1. The van der Waals surface area contributed by atoms with Crippen molar-refractivity contribution in [3.05, 3.63) is 78.1 Å². The number of nitrogens with zero attached hydrogens (tertiary/aromatic N) is 4. The number of hydrogen-bond acceptors (Lipinski definition) is 4. The smallest absolute Gasteiger partial charge is 0.236 e. The molecular weight excluding hydrogens is 434 g/mol. The lowest BCUT2D eigenvalue weighted by Crippen LogP contribution is -2.44. The van der Waals surface area contributed by atoms with Gasteiger partial charge in [0.05, 0.1) is 6.54 Å². The number of hydrogen-bond donors (Lipinski definition) is 1. The van der Waals surface area contributed by atoms with Gasteiger partial charge in [0.25, 0.3) is 0 Å². The number of amides is 1. The van der Waals surface area contributed by atoms with Crippen LogP contribution in [0, 0.1) is 5.92 Å². The number of aromatic nitrogens is 2. The summed E-state index contributed by atoms with van der Waals surface area (Å²) in [6.07, 6.45) is 6.49. The predicted molar refractivity (Wildman–Crippen MR) is 140 cm³/mol. The molecule has 0 radical (unpaired) electrons. The summed E-state index contributed by atoms with van der Waals surface area (Å²) < 4.78 is 0. The van der Waals surface area contributed by atoms with E-state index in [4.69, 9.17) is 0 Å². The van der Waals surface area contributed by atoms with Gasteiger partial charge in [-0.3, -0.25) is 14.6 Å². The number of benzene rings is 2. The fourth-order valence-electron chi connectivity index (χ4n) is 5.39. The van der Waals surface area contributed by atoms with E-state index < -0.39 is 0 Å². The van der Waals surface area contributed by atoms with Gasteiger partial charge in [0.1, 0.15) is 5.82 Å². The average molecular weight is 472 g/mol. The van der Waals surface area contributed by atoms with Crippen molar-refractivity contribution in [3.63, 3.8) is 0 Å². The number of rotatable bonds is 7. The Morgan fingerprint density at radius 3 is 2.37 bits per heavy atom. The summed E-state index contributed by atoms with van der Waals surface area (Å²) >= 11 is 0. The lowest BCUT2D eigenvalue weighted by molar-refractivity contribution is -0.132. The number of imidazole rings is 1. The maximum atomic E-state index is 13.1. The molecule has 1 amide bonds. The molecule has 1 aromatic heterocycles. The molecule has 0 saturated carbocycles. The molecule has 35 heavy (non-hydrogen) atoms. The second kappa shape index (κ2) is 11.6. The molecule has 2 aromatic carbocycles. The normalized spacial score (nSPS) is 18.5. The third kappa shape index (κ3) is 6.59. The Morgan fingerprint density at radius 1 is 0.857 bits per heavy atom.